The van der Waals surface area contributed by atoms with Crippen LogP contribution in [0.5, 0.6) is 0 Å². The van der Waals surface area contributed by atoms with Gasteiger partial charge in [-0.15, -0.1) is 0 Å². The minimum Gasteiger partial charge on any atom is -0.480 e. The Morgan fingerprint density at radius 1 is 0.765 bits per heavy atom. The second-order valence-electron chi connectivity index (χ2n) is 8.38. The first kappa shape index (κ1) is 30.7. The molecule has 194 valence electrons. The Kier molecular flexibility index (Phi) is 14.1. The third-order valence-electron chi connectivity index (χ3n) is 4.70. The molecule has 0 aromatic carbocycles. The van der Waals surface area contributed by atoms with Crippen LogP contribution in [0.3, 0.4) is 0 Å². The maximum absolute atomic E-state index is 12.8. The molecule has 0 aromatic rings. The summed E-state index contributed by atoms with van der Waals surface area (Å²) in [5, 5.41) is 16.4. The number of hydrogen-bond donors (Lipinski definition) is 8. The Morgan fingerprint density at radius 3 is 1.74 bits per heavy atom. The van der Waals surface area contributed by atoms with Gasteiger partial charge in [-0.25, -0.2) is 4.79 Å². The maximum atomic E-state index is 12.8. The highest BCUT2D eigenvalue weighted by molar-refractivity contribution is 5.96. The van der Waals surface area contributed by atoms with E-state index in [1.54, 1.807) is 13.8 Å². The lowest BCUT2D eigenvalue weighted by Crippen LogP contribution is -2.58. The quantitative estimate of drug-likeness (QED) is 0.0957. The average molecular weight is 488 g/mol. The lowest BCUT2D eigenvalue weighted by Gasteiger charge is -2.25. The number of hydrogen-bond acceptors (Lipinski definition) is 8. The standard InChI is InChI=1S/C20H37N7O7/c1-10(2)7-14(20(33)34)27-18(31)12(5-3-4-6-21)25-19(32)13(9-16(24)29)26-17(30)11(22)8-15(23)28/h10-14H,3-9,21-22H2,1-2H3,(H2,23,28)(H2,24,29)(H,25,32)(H,26,30)(H,27,31)(H,33,34). The highest BCUT2D eigenvalue weighted by atomic mass is 16.4. The largest absolute Gasteiger partial charge is 0.480 e. The minimum absolute atomic E-state index is 0.0218. The molecular weight excluding hydrogens is 450 g/mol. The number of carboxylic acid groups (broad SMARTS) is 1. The monoisotopic (exact) mass is 487 g/mol. The molecule has 0 fully saturated rings. The molecule has 5 amide bonds. The van der Waals surface area contributed by atoms with E-state index in [1.165, 1.54) is 0 Å². The van der Waals surface area contributed by atoms with Crippen molar-refractivity contribution in [3.63, 3.8) is 0 Å². The highest BCUT2D eigenvalue weighted by Gasteiger charge is 2.31. The fourth-order valence-electron chi connectivity index (χ4n) is 3.00. The van der Waals surface area contributed by atoms with Gasteiger partial charge in [0.1, 0.15) is 18.1 Å². The van der Waals surface area contributed by atoms with Crippen LogP contribution in [0, 0.1) is 5.92 Å². The number of amides is 5. The first-order valence-corrected chi connectivity index (χ1v) is 10.9. The van der Waals surface area contributed by atoms with E-state index in [0.29, 0.717) is 19.4 Å². The summed E-state index contributed by atoms with van der Waals surface area (Å²) in [6.45, 7) is 3.93. The second kappa shape index (κ2) is 15.6. The van der Waals surface area contributed by atoms with Crippen molar-refractivity contribution in [2.45, 2.75) is 76.5 Å². The summed E-state index contributed by atoms with van der Waals surface area (Å²) < 4.78 is 0. The van der Waals surface area contributed by atoms with Gasteiger partial charge in [-0.05, 0) is 38.1 Å². The summed E-state index contributed by atoms with van der Waals surface area (Å²) in [5.74, 6) is -5.59. The number of carbonyl (C=O) groups is 6. The van der Waals surface area contributed by atoms with Crippen LogP contribution in [0.1, 0.15) is 52.4 Å². The molecule has 34 heavy (non-hydrogen) atoms. The summed E-state index contributed by atoms with van der Waals surface area (Å²) in [7, 11) is 0. The SMILES string of the molecule is CC(C)CC(NC(=O)C(CCCCN)NC(=O)C(CC(N)=O)NC(=O)C(N)CC(N)=O)C(=O)O. The molecule has 4 unspecified atom stereocenters. The van der Waals surface area contributed by atoms with Crippen molar-refractivity contribution in [3.8, 4) is 0 Å². The molecule has 14 heteroatoms. The smallest absolute Gasteiger partial charge is 0.326 e. The number of unbranched alkanes of at least 4 members (excludes halogenated alkanes) is 1. The molecule has 4 atom stereocenters. The molecule has 0 heterocycles. The average Bonchev–Trinajstić information content (AvgIpc) is 2.70. The predicted molar refractivity (Wildman–Crippen MR) is 121 cm³/mol. The first-order valence-electron chi connectivity index (χ1n) is 10.9. The van der Waals surface area contributed by atoms with Crippen LogP contribution >= 0.6 is 0 Å². The van der Waals surface area contributed by atoms with Crippen LogP contribution in [-0.4, -0.2) is 71.3 Å². The zero-order chi connectivity index (χ0) is 26.4. The minimum atomic E-state index is -1.49. The Bertz CT molecular complexity index is 745. The molecule has 14 nitrogen and oxygen atoms in total. The van der Waals surface area contributed by atoms with Gasteiger partial charge < -0.3 is 44.0 Å². The van der Waals surface area contributed by atoms with Crippen LogP contribution in [-0.2, 0) is 28.8 Å². The molecule has 0 rings (SSSR count). The molecule has 0 aliphatic carbocycles. The Morgan fingerprint density at radius 2 is 1.26 bits per heavy atom. The van der Waals surface area contributed by atoms with Crippen molar-refractivity contribution in [2.75, 3.05) is 6.54 Å². The third-order valence-corrected chi connectivity index (χ3v) is 4.70. The van der Waals surface area contributed by atoms with Crippen LogP contribution in [0.25, 0.3) is 0 Å². The first-order chi connectivity index (χ1) is 15.8. The van der Waals surface area contributed by atoms with Crippen LogP contribution in [0.2, 0.25) is 0 Å². The number of nitrogens with two attached hydrogens (primary N) is 4. The topological polar surface area (TPSA) is 263 Å². The van der Waals surface area contributed by atoms with Gasteiger partial charge in [0.15, 0.2) is 0 Å². The number of carbonyl (C=O) groups excluding carboxylic acids is 5. The summed E-state index contributed by atoms with van der Waals surface area (Å²) in [5.41, 5.74) is 21.2. The van der Waals surface area contributed by atoms with Gasteiger partial charge in [0, 0.05) is 0 Å². The summed E-state index contributed by atoms with van der Waals surface area (Å²) in [6, 6.07) is -5.19. The summed E-state index contributed by atoms with van der Waals surface area (Å²) in [4.78, 5) is 71.7. The Labute approximate surface area is 197 Å². The molecule has 0 saturated heterocycles. The van der Waals surface area contributed by atoms with E-state index < -0.39 is 72.5 Å². The lowest BCUT2D eigenvalue weighted by atomic mass is 10.0. The molecular formula is C20H37N7O7. The molecule has 0 aliphatic heterocycles. The van der Waals surface area contributed by atoms with E-state index in [-0.39, 0.29) is 18.8 Å². The van der Waals surface area contributed by atoms with Gasteiger partial charge in [0.25, 0.3) is 0 Å². The zero-order valence-electron chi connectivity index (χ0n) is 19.5. The van der Waals surface area contributed by atoms with Crippen LogP contribution in [0.15, 0.2) is 0 Å². The Balaban J connectivity index is 5.55. The van der Waals surface area contributed by atoms with Gasteiger partial charge in [-0.1, -0.05) is 13.8 Å². The van der Waals surface area contributed by atoms with Gasteiger partial charge in [0.2, 0.25) is 29.5 Å². The van der Waals surface area contributed by atoms with Crippen molar-refractivity contribution >= 4 is 35.5 Å². The zero-order valence-corrected chi connectivity index (χ0v) is 19.5. The summed E-state index contributed by atoms with van der Waals surface area (Å²) >= 11 is 0. The van der Waals surface area contributed by atoms with Crippen molar-refractivity contribution in [1.82, 2.24) is 16.0 Å². The molecule has 0 radical (unpaired) electrons. The van der Waals surface area contributed by atoms with E-state index in [9.17, 15) is 33.9 Å². The van der Waals surface area contributed by atoms with E-state index in [1.807, 2.05) is 0 Å². The molecule has 0 saturated carbocycles. The normalized spacial score (nSPS) is 14.4. The van der Waals surface area contributed by atoms with E-state index in [2.05, 4.69) is 16.0 Å². The second-order valence-corrected chi connectivity index (χ2v) is 8.38. The van der Waals surface area contributed by atoms with Gasteiger partial charge in [-0.2, -0.15) is 0 Å². The van der Waals surface area contributed by atoms with E-state index in [0.717, 1.165) is 0 Å². The maximum Gasteiger partial charge on any atom is 0.326 e. The number of rotatable bonds is 17. The predicted octanol–water partition coefficient (Wildman–Crippen LogP) is -3.22. The number of nitrogens with one attached hydrogen (secondary N) is 3. The van der Waals surface area contributed by atoms with Gasteiger partial charge in [-0.3, -0.25) is 24.0 Å². The molecule has 12 N–H and O–H groups in total. The van der Waals surface area contributed by atoms with Gasteiger partial charge in [0.05, 0.1) is 18.9 Å². The highest BCUT2D eigenvalue weighted by Crippen LogP contribution is 2.08. The van der Waals surface area contributed by atoms with E-state index in [4.69, 9.17) is 22.9 Å². The van der Waals surface area contributed by atoms with E-state index >= 15 is 0 Å². The molecule has 0 spiro atoms. The van der Waals surface area contributed by atoms with Crippen molar-refractivity contribution in [3.05, 3.63) is 0 Å². The van der Waals surface area contributed by atoms with Gasteiger partial charge >= 0.3 is 5.97 Å². The third kappa shape index (κ3) is 12.7. The summed E-state index contributed by atoms with van der Waals surface area (Å²) in [6.07, 6.45) is 0.171. The number of aliphatic carboxylic acids is 1. The van der Waals surface area contributed by atoms with Crippen LogP contribution in [0.4, 0.5) is 0 Å². The molecule has 0 bridgehead atoms. The van der Waals surface area contributed by atoms with Crippen molar-refractivity contribution < 1.29 is 33.9 Å². The molecule has 0 aliphatic rings. The number of carboxylic acids is 1. The number of primary amides is 2. The molecule has 0 aromatic heterocycles. The van der Waals surface area contributed by atoms with Crippen LogP contribution < -0.4 is 38.9 Å². The Hall–Kier alpha value is -3.26. The lowest BCUT2D eigenvalue weighted by molar-refractivity contribution is -0.143. The van der Waals surface area contributed by atoms with Crippen molar-refractivity contribution in [1.29, 1.82) is 0 Å². The fourth-order valence-corrected chi connectivity index (χ4v) is 3.00. The fraction of sp³-hybridized carbons (Fsp3) is 0.700. The van der Waals surface area contributed by atoms with Crippen molar-refractivity contribution in [2.24, 2.45) is 28.9 Å².